The van der Waals surface area contributed by atoms with Gasteiger partial charge < -0.3 is 9.64 Å². The zero-order valence-electron chi connectivity index (χ0n) is 17.4. The number of ether oxygens (including phenoxy) is 1. The fourth-order valence-electron chi connectivity index (χ4n) is 3.99. The van der Waals surface area contributed by atoms with Gasteiger partial charge in [-0.2, -0.15) is 0 Å². The first-order valence-electron chi connectivity index (χ1n) is 10.6. The van der Waals surface area contributed by atoms with E-state index in [9.17, 15) is 14.4 Å². The number of likely N-dealkylation sites (tertiary alicyclic amines) is 1. The third-order valence-electron chi connectivity index (χ3n) is 5.77. The van der Waals surface area contributed by atoms with Crippen LogP contribution in [-0.4, -0.2) is 51.7 Å². The van der Waals surface area contributed by atoms with Crippen molar-refractivity contribution in [3.8, 4) is 5.75 Å². The van der Waals surface area contributed by atoms with Crippen molar-refractivity contribution in [3.05, 3.63) is 65.7 Å². The van der Waals surface area contributed by atoms with Gasteiger partial charge in [0, 0.05) is 25.6 Å². The summed E-state index contributed by atoms with van der Waals surface area (Å²) >= 11 is 1.07. The summed E-state index contributed by atoms with van der Waals surface area (Å²) in [6.07, 6.45) is 2.46. The van der Waals surface area contributed by atoms with Crippen molar-refractivity contribution in [2.24, 2.45) is 0 Å². The molecule has 2 aromatic rings. The van der Waals surface area contributed by atoms with Crippen molar-refractivity contribution in [3.63, 3.8) is 0 Å². The smallest absolute Gasteiger partial charge is 0.289 e. The minimum absolute atomic E-state index is 0.0671. The van der Waals surface area contributed by atoms with E-state index in [4.69, 9.17) is 4.74 Å². The summed E-state index contributed by atoms with van der Waals surface area (Å²) in [5, 5.41) is -0.147. The van der Waals surface area contributed by atoms with Crippen molar-refractivity contribution in [1.82, 2.24) is 9.80 Å². The number of hydrogen-bond acceptors (Lipinski definition) is 5. The normalized spacial score (nSPS) is 17.3. The molecule has 2 fully saturated rings. The third kappa shape index (κ3) is 5.47. The SMILES string of the molecule is O=C(CCc1ccc(OCc2ccccc2)cc1)N1CCC(N2C(=O)CSC2=O)CC1. The van der Waals surface area contributed by atoms with Crippen LogP contribution in [-0.2, 0) is 22.6 Å². The Morgan fingerprint density at radius 3 is 2.32 bits per heavy atom. The molecule has 0 radical (unpaired) electrons. The molecule has 3 amide bonds. The maximum absolute atomic E-state index is 12.6. The van der Waals surface area contributed by atoms with Crippen LogP contribution in [0.15, 0.2) is 54.6 Å². The summed E-state index contributed by atoms with van der Waals surface area (Å²) in [4.78, 5) is 39.6. The fraction of sp³-hybridized carbons (Fsp3) is 0.375. The lowest BCUT2D eigenvalue weighted by Crippen LogP contribution is -2.48. The van der Waals surface area contributed by atoms with E-state index >= 15 is 0 Å². The predicted molar refractivity (Wildman–Crippen MR) is 120 cm³/mol. The van der Waals surface area contributed by atoms with Gasteiger partial charge in [0.25, 0.3) is 5.24 Å². The lowest BCUT2D eigenvalue weighted by atomic mass is 10.0. The first-order chi connectivity index (χ1) is 15.1. The van der Waals surface area contributed by atoms with Gasteiger partial charge in [0.05, 0.1) is 5.75 Å². The maximum atomic E-state index is 12.6. The molecule has 6 nitrogen and oxygen atoms in total. The van der Waals surface area contributed by atoms with Crippen LogP contribution in [0.25, 0.3) is 0 Å². The van der Waals surface area contributed by atoms with Gasteiger partial charge in [-0.3, -0.25) is 19.3 Å². The highest BCUT2D eigenvalue weighted by atomic mass is 32.2. The number of aryl methyl sites for hydroxylation is 1. The molecule has 0 unspecified atom stereocenters. The summed E-state index contributed by atoms with van der Waals surface area (Å²) in [5.41, 5.74) is 2.22. The number of nitrogens with zero attached hydrogens (tertiary/aromatic N) is 2. The second-order valence-corrected chi connectivity index (χ2v) is 8.78. The number of rotatable bonds is 7. The number of amides is 3. The quantitative estimate of drug-likeness (QED) is 0.656. The van der Waals surface area contributed by atoms with Crippen LogP contribution in [0.1, 0.15) is 30.4 Å². The molecule has 2 aliphatic rings. The Kier molecular flexibility index (Phi) is 6.92. The minimum atomic E-state index is -0.147. The predicted octanol–water partition coefficient (Wildman–Crippen LogP) is 3.88. The molecule has 0 N–H and O–H groups in total. The molecule has 7 heteroatoms. The molecule has 0 aromatic heterocycles. The van der Waals surface area contributed by atoms with Crippen LogP contribution in [0.5, 0.6) is 5.75 Å². The Labute approximate surface area is 186 Å². The van der Waals surface area contributed by atoms with Crippen molar-refractivity contribution in [2.75, 3.05) is 18.8 Å². The summed E-state index contributed by atoms with van der Waals surface area (Å²) in [5.74, 6) is 1.08. The standard InChI is InChI=1S/C24H26N2O4S/c27-22(25-14-12-20(13-15-25)26-23(28)17-31-24(26)29)11-8-18-6-9-21(10-7-18)30-16-19-4-2-1-3-5-19/h1-7,9-10,20H,8,11-17H2. The topological polar surface area (TPSA) is 66.9 Å². The number of carbonyl (C=O) groups is 3. The second-order valence-electron chi connectivity index (χ2n) is 7.85. The third-order valence-corrected chi connectivity index (χ3v) is 6.60. The Bertz CT molecular complexity index is 908. The van der Waals surface area contributed by atoms with Gasteiger partial charge in [-0.25, -0.2) is 0 Å². The average molecular weight is 439 g/mol. The van der Waals surface area contributed by atoms with Crippen LogP contribution in [0.4, 0.5) is 4.79 Å². The van der Waals surface area contributed by atoms with E-state index in [1.807, 2.05) is 59.5 Å². The molecular weight excluding hydrogens is 412 g/mol. The van der Waals surface area contributed by atoms with Gasteiger partial charge in [0.1, 0.15) is 12.4 Å². The van der Waals surface area contributed by atoms with Crippen molar-refractivity contribution in [1.29, 1.82) is 0 Å². The van der Waals surface area contributed by atoms with E-state index in [1.165, 1.54) is 4.90 Å². The molecule has 2 heterocycles. The van der Waals surface area contributed by atoms with E-state index in [1.54, 1.807) is 0 Å². The summed E-state index contributed by atoms with van der Waals surface area (Å²) in [6, 6.07) is 17.8. The second kappa shape index (κ2) is 10.0. The number of piperidine rings is 1. The Balaban J connectivity index is 1.20. The molecule has 0 bridgehead atoms. The number of hydrogen-bond donors (Lipinski definition) is 0. The molecule has 0 spiro atoms. The fourth-order valence-corrected chi connectivity index (χ4v) is 4.77. The average Bonchev–Trinajstić information content (AvgIpc) is 3.15. The van der Waals surface area contributed by atoms with Gasteiger partial charge in [0.15, 0.2) is 0 Å². The highest BCUT2D eigenvalue weighted by molar-refractivity contribution is 8.14. The summed E-state index contributed by atoms with van der Waals surface area (Å²) < 4.78 is 5.81. The van der Waals surface area contributed by atoms with Gasteiger partial charge >= 0.3 is 0 Å². The first-order valence-corrected chi connectivity index (χ1v) is 11.6. The summed E-state index contributed by atoms with van der Waals surface area (Å²) in [6.45, 7) is 1.72. The van der Waals surface area contributed by atoms with E-state index in [-0.39, 0.29) is 28.8 Å². The molecule has 0 saturated carbocycles. The Hall–Kier alpha value is -2.80. The molecule has 2 saturated heterocycles. The molecule has 31 heavy (non-hydrogen) atoms. The van der Waals surface area contributed by atoms with Crippen LogP contribution < -0.4 is 4.74 Å². The van der Waals surface area contributed by atoms with Crippen LogP contribution in [0.3, 0.4) is 0 Å². The van der Waals surface area contributed by atoms with Crippen molar-refractivity contribution >= 4 is 28.8 Å². The molecule has 162 valence electrons. The lowest BCUT2D eigenvalue weighted by molar-refractivity contribution is -0.133. The van der Waals surface area contributed by atoms with Crippen LogP contribution in [0.2, 0.25) is 0 Å². The van der Waals surface area contributed by atoms with Gasteiger partial charge in [-0.05, 0) is 42.5 Å². The highest BCUT2D eigenvalue weighted by Crippen LogP contribution is 2.27. The molecule has 2 aromatic carbocycles. The molecular formula is C24H26N2O4S. The lowest BCUT2D eigenvalue weighted by Gasteiger charge is -2.35. The number of benzene rings is 2. The first kappa shape index (κ1) is 21.4. The molecule has 4 rings (SSSR count). The monoisotopic (exact) mass is 438 g/mol. The van der Waals surface area contributed by atoms with E-state index in [2.05, 4.69) is 0 Å². The van der Waals surface area contributed by atoms with Gasteiger partial charge in [-0.1, -0.05) is 54.2 Å². The molecule has 0 aliphatic carbocycles. The molecule has 2 aliphatic heterocycles. The minimum Gasteiger partial charge on any atom is -0.489 e. The Morgan fingerprint density at radius 2 is 1.68 bits per heavy atom. The van der Waals surface area contributed by atoms with E-state index in [0.717, 1.165) is 28.6 Å². The number of thioether (sulfide) groups is 1. The van der Waals surface area contributed by atoms with Crippen LogP contribution >= 0.6 is 11.8 Å². The van der Waals surface area contributed by atoms with E-state index < -0.39 is 0 Å². The van der Waals surface area contributed by atoms with Gasteiger partial charge in [-0.15, -0.1) is 0 Å². The van der Waals surface area contributed by atoms with Crippen molar-refractivity contribution in [2.45, 2.75) is 38.3 Å². The van der Waals surface area contributed by atoms with E-state index in [0.29, 0.717) is 45.4 Å². The summed E-state index contributed by atoms with van der Waals surface area (Å²) in [7, 11) is 0. The highest BCUT2D eigenvalue weighted by Gasteiger charge is 2.37. The molecule has 0 atom stereocenters. The van der Waals surface area contributed by atoms with Crippen LogP contribution in [0, 0.1) is 0 Å². The number of imide groups is 1. The number of carbonyl (C=O) groups excluding carboxylic acids is 3. The zero-order valence-corrected chi connectivity index (χ0v) is 18.2. The largest absolute Gasteiger partial charge is 0.489 e. The Morgan fingerprint density at radius 1 is 0.968 bits per heavy atom. The van der Waals surface area contributed by atoms with Crippen molar-refractivity contribution < 1.29 is 19.1 Å². The maximum Gasteiger partial charge on any atom is 0.289 e. The zero-order chi connectivity index (χ0) is 21.6. The van der Waals surface area contributed by atoms with Gasteiger partial charge in [0.2, 0.25) is 11.8 Å².